The third-order valence-electron chi connectivity index (χ3n) is 5.22. The van der Waals surface area contributed by atoms with Gasteiger partial charge >= 0.3 is 0 Å². The number of hydrogen-bond acceptors (Lipinski definition) is 4. The SMILES string of the molecule is Cc1nc2ccccc2n1CC(=O)N[C@@H]1CCC[C@@H](n2ccnc2)[C@@H]1O. The molecule has 1 amide bonds. The molecule has 2 heterocycles. The van der Waals surface area contributed by atoms with Gasteiger partial charge in [-0.1, -0.05) is 12.1 Å². The molecule has 7 heteroatoms. The second-order valence-electron chi connectivity index (χ2n) is 6.91. The van der Waals surface area contributed by atoms with Gasteiger partial charge in [-0.15, -0.1) is 0 Å². The van der Waals surface area contributed by atoms with Gasteiger partial charge in [-0.25, -0.2) is 9.97 Å². The van der Waals surface area contributed by atoms with Crippen molar-refractivity contribution in [1.82, 2.24) is 24.4 Å². The predicted octanol–water partition coefficient (Wildman–Crippen LogP) is 1.81. The summed E-state index contributed by atoms with van der Waals surface area (Å²) in [6.45, 7) is 2.10. The molecule has 0 unspecified atom stereocenters. The minimum absolute atomic E-state index is 0.0487. The number of benzene rings is 1. The van der Waals surface area contributed by atoms with E-state index in [1.807, 2.05) is 46.5 Å². The summed E-state index contributed by atoms with van der Waals surface area (Å²) in [5, 5.41) is 13.7. The second kappa shape index (κ2) is 6.92. The Morgan fingerprint density at radius 1 is 1.35 bits per heavy atom. The maximum atomic E-state index is 12.6. The first-order chi connectivity index (χ1) is 12.6. The molecule has 136 valence electrons. The molecule has 0 aliphatic heterocycles. The molecule has 3 atom stereocenters. The zero-order valence-electron chi connectivity index (χ0n) is 14.7. The number of aliphatic hydroxyl groups is 1. The van der Waals surface area contributed by atoms with E-state index in [-0.39, 0.29) is 24.5 Å². The number of rotatable bonds is 4. The standard InChI is InChI=1S/C19H23N5O2/c1-13-21-14-5-2-3-7-16(14)24(13)11-18(25)22-15-6-4-8-17(19(15)26)23-10-9-20-12-23/h2-3,5,7,9-10,12,15,17,19,26H,4,6,8,11H2,1H3,(H,22,25)/t15-,17-,19-/m1/s1. The number of aryl methyl sites for hydroxylation is 1. The Morgan fingerprint density at radius 3 is 3.00 bits per heavy atom. The lowest BCUT2D eigenvalue weighted by Gasteiger charge is -2.35. The number of aliphatic hydroxyl groups excluding tert-OH is 1. The van der Waals surface area contributed by atoms with Crippen LogP contribution in [0.4, 0.5) is 0 Å². The summed E-state index contributed by atoms with van der Waals surface area (Å²) in [6.07, 6.45) is 7.29. The topological polar surface area (TPSA) is 85.0 Å². The van der Waals surface area contributed by atoms with E-state index in [1.54, 1.807) is 12.5 Å². The molecule has 1 aliphatic rings. The van der Waals surface area contributed by atoms with Crippen LogP contribution in [0, 0.1) is 6.92 Å². The van der Waals surface area contributed by atoms with E-state index >= 15 is 0 Å². The van der Waals surface area contributed by atoms with Gasteiger partial charge in [0.25, 0.3) is 0 Å². The molecular weight excluding hydrogens is 330 g/mol. The summed E-state index contributed by atoms with van der Waals surface area (Å²) >= 11 is 0. The summed E-state index contributed by atoms with van der Waals surface area (Å²) < 4.78 is 3.84. The summed E-state index contributed by atoms with van der Waals surface area (Å²) in [4.78, 5) is 21.2. The molecule has 1 aliphatic carbocycles. The van der Waals surface area contributed by atoms with Crippen LogP contribution in [-0.2, 0) is 11.3 Å². The van der Waals surface area contributed by atoms with E-state index in [2.05, 4.69) is 15.3 Å². The van der Waals surface area contributed by atoms with Crippen LogP contribution in [0.3, 0.4) is 0 Å². The fourth-order valence-corrected chi connectivity index (χ4v) is 3.90. The van der Waals surface area contributed by atoms with Crippen LogP contribution >= 0.6 is 0 Å². The lowest BCUT2D eigenvalue weighted by molar-refractivity contribution is -0.124. The molecule has 1 fully saturated rings. The highest BCUT2D eigenvalue weighted by Crippen LogP contribution is 2.29. The third-order valence-corrected chi connectivity index (χ3v) is 5.22. The summed E-state index contributed by atoms with van der Waals surface area (Å²) in [7, 11) is 0. The molecule has 3 aromatic rings. The van der Waals surface area contributed by atoms with E-state index in [0.717, 1.165) is 36.1 Å². The quantitative estimate of drug-likeness (QED) is 0.749. The van der Waals surface area contributed by atoms with Crippen LogP contribution in [0.15, 0.2) is 43.0 Å². The van der Waals surface area contributed by atoms with Crippen molar-refractivity contribution in [2.24, 2.45) is 0 Å². The highest BCUT2D eigenvalue weighted by Gasteiger charge is 2.33. The van der Waals surface area contributed by atoms with Crippen LogP contribution in [0.1, 0.15) is 31.1 Å². The van der Waals surface area contributed by atoms with Crippen LogP contribution in [0.2, 0.25) is 0 Å². The highest BCUT2D eigenvalue weighted by molar-refractivity contribution is 5.81. The fraction of sp³-hybridized carbons (Fsp3) is 0.421. The van der Waals surface area contributed by atoms with Gasteiger partial charge < -0.3 is 19.6 Å². The number of carbonyl (C=O) groups is 1. The Balaban J connectivity index is 1.46. The number of para-hydroxylation sites is 2. The van der Waals surface area contributed by atoms with Gasteiger partial charge in [-0.2, -0.15) is 0 Å². The number of fused-ring (bicyclic) bond motifs is 1. The third kappa shape index (κ3) is 3.10. The van der Waals surface area contributed by atoms with Crippen molar-refractivity contribution in [2.75, 3.05) is 0 Å². The van der Waals surface area contributed by atoms with E-state index in [1.165, 1.54) is 0 Å². The lowest BCUT2D eigenvalue weighted by Crippen LogP contribution is -2.50. The van der Waals surface area contributed by atoms with Crippen molar-refractivity contribution < 1.29 is 9.90 Å². The maximum absolute atomic E-state index is 12.6. The molecule has 0 radical (unpaired) electrons. The van der Waals surface area contributed by atoms with Crippen molar-refractivity contribution >= 4 is 16.9 Å². The highest BCUT2D eigenvalue weighted by atomic mass is 16.3. The molecule has 0 saturated heterocycles. The van der Waals surface area contributed by atoms with Crippen molar-refractivity contribution in [3.05, 3.63) is 48.8 Å². The van der Waals surface area contributed by atoms with Crippen molar-refractivity contribution in [1.29, 1.82) is 0 Å². The molecule has 2 N–H and O–H groups in total. The average Bonchev–Trinajstić information content (AvgIpc) is 3.26. The largest absolute Gasteiger partial charge is 0.389 e. The minimum Gasteiger partial charge on any atom is -0.389 e. The van der Waals surface area contributed by atoms with E-state index in [0.29, 0.717) is 0 Å². The number of hydrogen-bond donors (Lipinski definition) is 2. The summed E-state index contributed by atoms with van der Waals surface area (Å²) in [5.74, 6) is 0.702. The smallest absolute Gasteiger partial charge is 0.240 e. The first kappa shape index (κ1) is 16.8. The first-order valence-electron chi connectivity index (χ1n) is 9.00. The average molecular weight is 353 g/mol. The molecule has 1 saturated carbocycles. The molecule has 0 bridgehead atoms. The molecule has 2 aromatic heterocycles. The predicted molar refractivity (Wildman–Crippen MR) is 97.5 cm³/mol. The number of imidazole rings is 2. The van der Waals surface area contributed by atoms with Crippen molar-refractivity contribution in [2.45, 2.75) is 50.9 Å². The number of aromatic nitrogens is 4. The van der Waals surface area contributed by atoms with Gasteiger partial charge in [0.15, 0.2) is 0 Å². The monoisotopic (exact) mass is 353 g/mol. The molecule has 0 spiro atoms. The number of nitrogens with zero attached hydrogens (tertiary/aromatic N) is 4. The Kier molecular flexibility index (Phi) is 4.46. The van der Waals surface area contributed by atoms with Crippen LogP contribution in [0.5, 0.6) is 0 Å². The van der Waals surface area contributed by atoms with Gasteiger partial charge in [0.2, 0.25) is 5.91 Å². The van der Waals surface area contributed by atoms with E-state index in [4.69, 9.17) is 0 Å². The minimum atomic E-state index is -0.623. The first-order valence-corrected chi connectivity index (χ1v) is 9.00. The van der Waals surface area contributed by atoms with E-state index in [9.17, 15) is 9.90 Å². The van der Waals surface area contributed by atoms with Gasteiger partial charge in [0, 0.05) is 12.4 Å². The molecule has 26 heavy (non-hydrogen) atoms. The number of nitrogens with one attached hydrogen (secondary N) is 1. The fourth-order valence-electron chi connectivity index (χ4n) is 3.90. The van der Waals surface area contributed by atoms with Gasteiger partial charge in [0.05, 0.1) is 35.5 Å². The normalized spacial score (nSPS) is 23.2. The molecular formula is C19H23N5O2. The van der Waals surface area contributed by atoms with Crippen LogP contribution in [-0.4, -0.2) is 42.3 Å². The van der Waals surface area contributed by atoms with Crippen molar-refractivity contribution in [3.8, 4) is 0 Å². The molecule has 1 aromatic carbocycles. The Morgan fingerprint density at radius 2 is 2.19 bits per heavy atom. The van der Waals surface area contributed by atoms with Crippen molar-refractivity contribution in [3.63, 3.8) is 0 Å². The van der Waals surface area contributed by atoms with Gasteiger partial charge in [-0.3, -0.25) is 4.79 Å². The van der Waals surface area contributed by atoms with Gasteiger partial charge in [0.1, 0.15) is 12.4 Å². The Labute approximate surface area is 151 Å². The molecule has 7 nitrogen and oxygen atoms in total. The zero-order valence-corrected chi connectivity index (χ0v) is 14.7. The van der Waals surface area contributed by atoms with Crippen LogP contribution in [0.25, 0.3) is 11.0 Å². The number of amides is 1. The summed E-state index contributed by atoms with van der Waals surface area (Å²) in [6, 6.07) is 7.49. The Bertz CT molecular complexity index is 902. The second-order valence-corrected chi connectivity index (χ2v) is 6.91. The van der Waals surface area contributed by atoms with Gasteiger partial charge in [-0.05, 0) is 38.3 Å². The van der Waals surface area contributed by atoms with Crippen LogP contribution < -0.4 is 5.32 Å². The van der Waals surface area contributed by atoms with E-state index < -0.39 is 6.10 Å². The lowest BCUT2D eigenvalue weighted by atomic mass is 9.88. The molecule has 4 rings (SSSR count). The Hall–Kier alpha value is -2.67. The summed E-state index contributed by atoms with van der Waals surface area (Å²) in [5.41, 5.74) is 1.83. The number of carbonyl (C=O) groups excluding carboxylic acids is 1. The zero-order chi connectivity index (χ0) is 18.1. The maximum Gasteiger partial charge on any atom is 0.240 e.